The first kappa shape index (κ1) is 23.4. The molecule has 2 fully saturated rings. The summed E-state index contributed by atoms with van der Waals surface area (Å²) in [7, 11) is 0. The molecule has 0 saturated carbocycles. The Morgan fingerprint density at radius 3 is 2.29 bits per heavy atom. The lowest BCUT2D eigenvalue weighted by molar-refractivity contribution is -0.304. The van der Waals surface area contributed by atoms with E-state index in [1.54, 1.807) is 24.3 Å². The van der Waals surface area contributed by atoms with Crippen molar-refractivity contribution < 1.29 is 23.7 Å². The third kappa shape index (κ3) is 5.35. The molecule has 35 heavy (non-hydrogen) atoms. The summed E-state index contributed by atoms with van der Waals surface area (Å²) >= 11 is 1.40. The lowest BCUT2D eigenvalue weighted by Crippen LogP contribution is -2.61. The van der Waals surface area contributed by atoms with Crippen molar-refractivity contribution in [3.63, 3.8) is 0 Å². The molecule has 0 unspecified atom stereocenters. The van der Waals surface area contributed by atoms with Gasteiger partial charge in [0.05, 0.1) is 12.2 Å². The van der Waals surface area contributed by atoms with Crippen molar-refractivity contribution in [1.29, 1.82) is 0 Å². The fraction of sp³-hybridized carbons (Fsp3) is 0.269. The van der Waals surface area contributed by atoms with Gasteiger partial charge < -0.3 is 18.9 Å². The Hall–Kier alpha value is -3.33. The molecule has 0 spiro atoms. The first-order chi connectivity index (χ1) is 17.2. The van der Waals surface area contributed by atoms with E-state index < -0.39 is 42.0 Å². The van der Waals surface area contributed by atoms with Crippen LogP contribution in [0.2, 0.25) is 0 Å². The highest BCUT2D eigenvalue weighted by atomic mass is 32.2. The summed E-state index contributed by atoms with van der Waals surface area (Å²) in [5, 5.41) is 4.01. The van der Waals surface area contributed by atoms with Crippen LogP contribution in [0, 0.1) is 0 Å². The molecule has 0 radical (unpaired) electrons. The molecule has 0 bridgehead atoms. The second kappa shape index (κ2) is 10.9. The van der Waals surface area contributed by atoms with E-state index in [2.05, 4.69) is 10.0 Å². The average Bonchev–Trinajstić information content (AvgIpc) is 2.92. The normalized spacial score (nSPS) is 27.8. The zero-order valence-electron chi connectivity index (χ0n) is 18.6. The fourth-order valence-corrected chi connectivity index (χ4v) is 5.28. The molecule has 3 aromatic carbocycles. The van der Waals surface area contributed by atoms with Crippen molar-refractivity contribution in [2.45, 2.75) is 41.0 Å². The van der Waals surface area contributed by atoms with Gasteiger partial charge in [-0.3, -0.25) is 0 Å². The van der Waals surface area contributed by atoms with E-state index in [-0.39, 0.29) is 6.61 Å². The maximum Gasteiger partial charge on any atom is 0.338 e. The molecule has 2 aliphatic rings. The number of carbonyl (C=O) groups is 1. The summed E-state index contributed by atoms with van der Waals surface area (Å²) in [6, 6.07) is 27.0. The number of thioether (sulfide) groups is 1. The Kier molecular flexibility index (Phi) is 7.32. The summed E-state index contributed by atoms with van der Waals surface area (Å²) < 4.78 is 24.6. The summed E-state index contributed by atoms with van der Waals surface area (Å²) in [6.45, 7) is 0.235. The smallest absolute Gasteiger partial charge is 0.338 e. The molecule has 5 rings (SSSR count). The van der Waals surface area contributed by atoms with E-state index in [0.717, 1.165) is 10.5 Å². The highest BCUT2D eigenvalue weighted by Crippen LogP contribution is 2.41. The molecular weight excluding hydrogens is 466 g/mol. The number of azide groups is 1. The van der Waals surface area contributed by atoms with Crippen LogP contribution in [0.25, 0.3) is 10.4 Å². The molecule has 0 amide bonds. The second-order valence-corrected chi connectivity index (χ2v) is 9.25. The van der Waals surface area contributed by atoms with Gasteiger partial charge in [-0.15, -0.1) is 0 Å². The van der Waals surface area contributed by atoms with Gasteiger partial charge in [0.1, 0.15) is 29.8 Å². The zero-order chi connectivity index (χ0) is 24.0. The number of hydrogen-bond donors (Lipinski definition) is 0. The predicted molar refractivity (Wildman–Crippen MR) is 130 cm³/mol. The first-order valence-corrected chi connectivity index (χ1v) is 12.1. The Balaban J connectivity index is 1.46. The summed E-state index contributed by atoms with van der Waals surface area (Å²) in [5.74, 6) is -0.524. The molecule has 3 aromatic rings. The maximum absolute atomic E-state index is 13.1. The number of ether oxygens (including phenoxy) is 4. The Morgan fingerprint density at radius 2 is 1.60 bits per heavy atom. The highest BCUT2D eigenvalue weighted by Gasteiger charge is 2.52. The zero-order valence-corrected chi connectivity index (χ0v) is 19.4. The Bertz CT molecular complexity index is 1180. The van der Waals surface area contributed by atoms with Crippen molar-refractivity contribution >= 4 is 17.7 Å². The molecule has 178 valence electrons. The molecule has 2 saturated heterocycles. The monoisotopic (exact) mass is 489 g/mol. The predicted octanol–water partition coefficient (Wildman–Crippen LogP) is 5.52. The SMILES string of the molecule is [N-]=[N+]=N[C@@H]1[C@@H](OC(=O)c2ccccc2)[C@@H]2O[C@H](c3ccccc3)OC[C@H]2O[C@H]1Sc1ccccc1. The number of nitrogens with zero attached hydrogens (tertiary/aromatic N) is 3. The van der Waals surface area contributed by atoms with Gasteiger partial charge in [0.25, 0.3) is 0 Å². The molecule has 2 aliphatic heterocycles. The van der Waals surface area contributed by atoms with Crippen LogP contribution in [0.15, 0.2) is 101 Å². The quantitative estimate of drug-likeness (QED) is 0.195. The number of fused-ring (bicyclic) bond motifs is 1. The highest BCUT2D eigenvalue weighted by molar-refractivity contribution is 7.99. The lowest BCUT2D eigenvalue weighted by atomic mass is 9.97. The van der Waals surface area contributed by atoms with E-state index in [4.69, 9.17) is 18.9 Å². The van der Waals surface area contributed by atoms with Crippen LogP contribution in [-0.2, 0) is 18.9 Å². The van der Waals surface area contributed by atoms with Gasteiger partial charge in [-0.25, -0.2) is 4.79 Å². The Labute approximate surface area is 206 Å². The molecule has 0 N–H and O–H groups in total. The molecule has 8 nitrogen and oxygen atoms in total. The number of carbonyl (C=O) groups excluding carboxylic acids is 1. The fourth-order valence-electron chi connectivity index (χ4n) is 4.15. The van der Waals surface area contributed by atoms with E-state index in [9.17, 15) is 10.3 Å². The van der Waals surface area contributed by atoms with E-state index in [1.165, 1.54) is 11.8 Å². The summed E-state index contributed by atoms with van der Waals surface area (Å²) in [4.78, 5) is 17.0. The minimum absolute atomic E-state index is 0.235. The number of hydrogen-bond acceptors (Lipinski definition) is 7. The van der Waals surface area contributed by atoms with Gasteiger partial charge in [-0.05, 0) is 29.8 Å². The van der Waals surface area contributed by atoms with E-state index in [0.29, 0.717) is 5.56 Å². The lowest BCUT2D eigenvalue weighted by Gasteiger charge is -2.47. The molecule has 2 heterocycles. The van der Waals surface area contributed by atoms with Gasteiger partial charge in [0.15, 0.2) is 6.29 Å². The van der Waals surface area contributed by atoms with Crippen molar-refractivity contribution in [3.8, 4) is 0 Å². The molecule has 0 aromatic heterocycles. The maximum atomic E-state index is 13.1. The number of benzene rings is 3. The number of esters is 1. The molecule has 0 aliphatic carbocycles. The van der Waals surface area contributed by atoms with Gasteiger partial charge in [0.2, 0.25) is 0 Å². The topological polar surface area (TPSA) is 103 Å². The molecule has 9 heteroatoms. The van der Waals surface area contributed by atoms with Crippen molar-refractivity contribution in [2.75, 3.05) is 6.61 Å². The van der Waals surface area contributed by atoms with Crippen LogP contribution in [0.1, 0.15) is 22.2 Å². The largest absolute Gasteiger partial charge is 0.455 e. The average molecular weight is 490 g/mol. The van der Waals surface area contributed by atoms with Crippen LogP contribution in [-0.4, -0.2) is 42.4 Å². The van der Waals surface area contributed by atoms with Crippen LogP contribution >= 0.6 is 11.8 Å². The van der Waals surface area contributed by atoms with Gasteiger partial charge in [-0.1, -0.05) is 83.6 Å². The van der Waals surface area contributed by atoms with Crippen molar-refractivity contribution in [1.82, 2.24) is 0 Å². The summed E-state index contributed by atoms with van der Waals surface area (Å²) in [6.07, 6.45) is -2.75. The minimum Gasteiger partial charge on any atom is -0.455 e. The van der Waals surface area contributed by atoms with Crippen LogP contribution in [0.4, 0.5) is 0 Å². The van der Waals surface area contributed by atoms with E-state index >= 15 is 0 Å². The van der Waals surface area contributed by atoms with Crippen LogP contribution < -0.4 is 0 Å². The van der Waals surface area contributed by atoms with Gasteiger partial charge in [0, 0.05) is 15.4 Å². The first-order valence-electron chi connectivity index (χ1n) is 11.2. The van der Waals surface area contributed by atoms with E-state index in [1.807, 2.05) is 66.7 Å². The van der Waals surface area contributed by atoms with Crippen molar-refractivity contribution in [2.24, 2.45) is 5.11 Å². The minimum atomic E-state index is -0.881. The molecule has 6 atom stereocenters. The standard InChI is InChI=1S/C26H23N3O5S/c27-29-28-21-23(33-24(30)17-10-4-1-5-11-17)22-20(32-26(21)35-19-14-8-3-9-15-19)16-31-25(34-22)18-12-6-2-7-13-18/h1-15,20-23,25-26H,16H2/t20-,21-,22-,23-,25-,26+/m1/s1. The third-order valence-corrected chi connectivity index (χ3v) is 6.98. The Morgan fingerprint density at radius 1 is 0.943 bits per heavy atom. The van der Waals surface area contributed by atoms with Crippen LogP contribution in [0.5, 0.6) is 0 Å². The third-order valence-electron chi connectivity index (χ3n) is 5.81. The van der Waals surface area contributed by atoms with Crippen LogP contribution in [0.3, 0.4) is 0 Å². The molecular formula is C26H23N3O5S. The second-order valence-electron chi connectivity index (χ2n) is 8.08. The van der Waals surface area contributed by atoms with Gasteiger partial charge in [-0.2, -0.15) is 0 Å². The van der Waals surface area contributed by atoms with Gasteiger partial charge >= 0.3 is 5.97 Å². The van der Waals surface area contributed by atoms with Crippen molar-refractivity contribution in [3.05, 3.63) is 113 Å². The number of rotatable bonds is 6. The summed E-state index contributed by atoms with van der Waals surface area (Å²) in [5.41, 5.74) is 10.0.